The summed E-state index contributed by atoms with van der Waals surface area (Å²) in [6.45, 7) is 3.14. The summed E-state index contributed by atoms with van der Waals surface area (Å²) in [5.74, 6) is 5.36. The summed E-state index contributed by atoms with van der Waals surface area (Å²) in [5.41, 5.74) is 8.89. The number of aliphatic hydroxyl groups is 1. The molecule has 0 spiro atoms. The van der Waals surface area contributed by atoms with Gasteiger partial charge in [0.05, 0.1) is 33.9 Å². The first kappa shape index (κ1) is 27.5. The van der Waals surface area contributed by atoms with Crippen LogP contribution in [0.1, 0.15) is 36.8 Å². The summed E-state index contributed by atoms with van der Waals surface area (Å²) >= 11 is 6.49. The zero-order valence-corrected chi connectivity index (χ0v) is 22.8. The van der Waals surface area contributed by atoms with Crippen LogP contribution in [-0.2, 0) is 23.5 Å². The Bertz CT molecular complexity index is 1700. The van der Waals surface area contributed by atoms with Crippen LogP contribution in [0.25, 0.3) is 22.0 Å². The Kier molecular flexibility index (Phi) is 7.50. The van der Waals surface area contributed by atoms with E-state index in [0.29, 0.717) is 50.4 Å². The van der Waals surface area contributed by atoms with Gasteiger partial charge in [-0.25, -0.2) is 17.8 Å². The number of nitrogens with one attached hydrogen (secondary N) is 1. The molecule has 0 saturated heterocycles. The van der Waals surface area contributed by atoms with Gasteiger partial charge >= 0.3 is 0 Å². The number of aryl methyl sites for hydroxylation is 1. The molecule has 0 aliphatic heterocycles. The second kappa shape index (κ2) is 10.3. The topological polar surface area (TPSA) is 123 Å². The minimum Gasteiger partial charge on any atom is -0.378 e. The molecule has 198 valence electrons. The maximum Gasteiger partial charge on any atom is 0.231 e. The number of anilines is 1. The molecule has 0 aliphatic rings. The lowest BCUT2D eigenvalue weighted by atomic mass is 9.94. The summed E-state index contributed by atoms with van der Waals surface area (Å²) in [6, 6.07) is 12.5. The first-order valence-corrected chi connectivity index (χ1v) is 13.9. The number of sulfonamides is 1. The fourth-order valence-electron chi connectivity index (χ4n) is 4.13. The van der Waals surface area contributed by atoms with Crippen LogP contribution >= 0.6 is 11.6 Å². The van der Waals surface area contributed by atoms with Gasteiger partial charge < -0.3 is 10.8 Å². The Morgan fingerprint density at radius 3 is 2.58 bits per heavy atom. The average Bonchev–Trinajstić information content (AvgIpc) is 3.12. The Hall–Kier alpha value is -3.49. The number of pyridine rings is 1. The lowest BCUT2D eigenvalue weighted by Crippen LogP contribution is -2.17. The van der Waals surface area contributed by atoms with E-state index in [1.807, 2.05) is 6.07 Å². The molecule has 4 N–H and O–H groups in total. The van der Waals surface area contributed by atoms with Crippen molar-refractivity contribution in [1.29, 1.82) is 0 Å². The standard InChI is InChI=1S/C27H27ClFN5O3S/c1-27(2,35)13-12-18-8-9-19(24(31-18)22(30)15-16-6-5-7-17(29)14-16)20-10-11-21(28)23-25(20)34(3)32-26(23)33-38(4,36)37/h5-11,14,22,35H,15,30H2,1-4H3,(H,32,33). The maximum absolute atomic E-state index is 13.8. The molecule has 0 aliphatic carbocycles. The molecule has 2 heterocycles. The quantitative estimate of drug-likeness (QED) is 0.307. The number of nitrogens with zero attached hydrogens (tertiary/aromatic N) is 3. The molecular weight excluding hydrogens is 529 g/mol. The van der Waals surface area contributed by atoms with Crippen molar-refractivity contribution in [1.82, 2.24) is 14.8 Å². The van der Waals surface area contributed by atoms with Gasteiger partial charge in [0.1, 0.15) is 17.1 Å². The van der Waals surface area contributed by atoms with Crippen molar-refractivity contribution >= 4 is 38.3 Å². The van der Waals surface area contributed by atoms with E-state index < -0.39 is 21.7 Å². The Labute approximate surface area is 225 Å². The smallest absolute Gasteiger partial charge is 0.231 e. The molecule has 4 aromatic rings. The first-order valence-electron chi connectivity index (χ1n) is 11.6. The van der Waals surface area contributed by atoms with Crippen molar-refractivity contribution in [3.05, 3.63) is 76.3 Å². The molecule has 0 bridgehead atoms. The molecule has 0 saturated carbocycles. The zero-order valence-electron chi connectivity index (χ0n) is 21.3. The van der Waals surface area contributed by atoms with E-state index >= 15 is 0 Å². The van der Waals surface area contributed by atoms with E-state index in [1.165, 1.54) is 16.8 Å². The van der Waals surface area contributed by atoms with Gasteiger partial charge in [-0.1, -0.05) is 35.7 Å². The maximum atomic E-state index is 13.8. The third kappa shape index (κ3) is 6.31. The van der Waals surface area contributed by atoms with Crippen LogP contribution in [0.5, 0.6) is 0 Å². The molecule has 8 nitrogen and oxygen atoms in total. The SMILES string of the molecule is Cn1nc(NS(C)(=O)=O)c2c(Cl)ccc(-c3ccc(C#CC(C)(C)O)nc3C(N)Cc3cccc(F)c3)c21. The minimum atomic E-state index is -3.62. The van der Waals surface area contributed by atoms with E-state index in [9.17, 15) is 17.9 Å². The number of fused-ring (bicyclic) bond motifs is 1. The van der Waals surface area contributed by atoms with Crippen LogP contribution in [0.3, 0.4) is 0 Å². The highest BCUT2D eigenvalue weighted by molar-refractivity contribution is 7.92. The largest absolute Gasteiger partial charge is 0.378 e. The van der Waals surface area contributed by atoms with Crippen molar-refractivity contribution in [2.75, 3.05) is 11.0 Å². The molecule has 38 heavy (non-hydrogen) atoms. The van der Waals surface area contributed by atoms with Gasteiger partial charge in [-0.2, -0.15) is 5.10 Å². The van der Waals surface area contributed by atoms with Crippen molar-refractivity contribution in [3.8, 4) is 23.0 Å². The number of rotatable bonds is 6. The van der Waals surface area contributed by atoms with E-state index in [4.69, 9.17) is 22.3 Å². The predicted octanol–water partition coefficient (Wildman–Crippen LogP) is 4.16. The molecule has 0 fully saturated rings. The van der Waals surface area contributed by atoms with Crippen molar-refractivity contribution < 1.29 is 17.9 Å². The normalized spacial score (nSPS) is 12.7. The number of halogens is 2. The van der Waals surface area contributed by atoms with E-state index in [-0.39, 0.29) is 11.6 Å². The molecule has 2 aromatic heterocycles. The number of nitrogens with two attached hydrogens (primary N) is 1. The first-order chi connectivity index (χ1) is 17.7. The van der Waals surface area contributed by atoms with Crippen LogP contribution in [0.2, 0.25) is 5.02 Å². The van der Waals surface area contributed by atoms with Crippen LogP contribution < -0.4 is 10.5 Å². The predicted molar refractivity (Wildman–Crippen MR) is 148 cm³/mol. The third-order valence-electron chi connectivity index (χ3n) is 5.63. The molecule has 2 aromatic carbocycles. The summed E-state index contributed by atoms with van der Waals surface area (Å²) < 4.78 is 41.7. The average molecular weight is 556 g/mol. The van der Waals surface area contributed by atoms with Crippen LogP contribution in [0.4, 0.5) is 10.2 Å². The highest BCUT2D eigenvalue weighted by Gasteiger charge is 2.23. The number of hydrogen-bond donors (Lipinski definition) is 3. The highest BCUT2D eigenvalue weighted by Crippen LogP contribution is 2.39. The van der Waals surface area contributed by atoms with Gasteiger partial charge in [0, 0.05) is 18.2 Å². The lowest BCUT2D eigenvalue weighted by molar-refractivity contribution is 0.143. The molecule has 0 amide bonds. The summed E-state index contributed by atoms with van der Waals surface area (Å²) in [4.78, 5) is 4.72. The molecule has 4 rings (SSSR count). The van der Waals surface area contributed by atoms with Gasteiger partial charge in [-0.3, -0.25) is 9.40 Å². The number of aromatic nitrogens is 3. The summed E-state index contributed by atoms with van der Waals surface area (Å²) in [7, 11) is -1.94. The summed E-state index contributed by atoms with van der Waals surface area (Å²) in [6.07, 6.45) is 1.33. The van der Waals surface area contributed by atoms with Crippen LogP contribution in [-0.4, -0.2) is 40.1 Å². The molecule has 1 unspecified atom stereocenters. The second-order valence-corrected chi connectivity index (χ2v) is 11.7. The van der Waals surface area contributed by atoms with Gasteiger partial charge in [-0.15, -0.1) is 0 Å². The lowest BCUT2D eigenvalue weighted by Gasteiger charge is -2.18. The van der Waals surface area contributed by atoms with Crippen molar-refractivity contribution in [2.45, 2.75) is 31.9 Å². The minimum absolute atomic E-state index is 0.100. The fraction of sp³-hybridized carbons (Fsp3) is 0.259. The van der Waals surface area contributed by atoms with Crippen molar-refractivity contribution in [3.63, 3.8) is 0 Å². The zero-order chi connectivity index (χ0) is 27.8. The van der Waals surface area contributed by atoms with Gasteiger partial charge in [-0.05, 0) is 62.1 Å². The van der Waals surface area contributed by atoms with Gasteiger partial charge in [0.15, 0.2) is 5.82 Å². The number of benzene rings is 2. The van der Waals surface area contributed by atoms with E-state index in [1.54, 1.807) is 51.2 Å². The molecular formula is C27H27ClFN5O3S. The highest BCUT2D eigenvalue weighted by atomic mass is 35.5. The van der Waals surface area contributed by atoms with E-state index in [2.05, 4.69) is 21.7 Å². The Morgan fingerprint density at radius 1 is 1.21 bits per heavy atom. The number of hydrogen-bond acceptors (Lipinski definition) is 6. The molecule has 1 atom stereocenters. The Balaban J connectivity index is 1.92. The van der Waals surface area contributed by atoms with Crippen molar-refractivity contribution in [2.24, 2.45) is 12.8 Å². The van der Waals surface area contributed by atoms with E-state index in [0.717, 1.165) is 6.26 Å². The van der Waals surface area contributed by atoms with Crippen LogP contribution in [0, 0.1) is 17.7 Å². The molecule has 11 heteroatoms. The second-order valence-electron chi connectivity index (χ2n) is 9.54. The monoisotopic (exact) mass is 555 g/mol. The fourth-order valence-corrected chi connectivity index (χ4v) is 4.86. The molecule has 0 radical (unpaired) electrons. The van der Waals surface area contributed by atoms with Crippen LogP contribution in [0.15, 0.2) is 48.5 Å². The summed E-state index contributed by atoms with van der Waals surface area (Å²) in [5, 5.41) is 15.1. The third-order valence-corrected chi connectivity index (χ3v) is 6.51. The van der Waals surface area contributed by atoms with Gasteiger partial charge in [0.25, 0.3) is 0 Å². The van der Waals surface area contributed by atoms with Gasteiger partial charge in [0.2, 0.25) is 10.0 Å². The Morgan fingerprint density at radius 2 is 1.92 bits per heavy atom.